The fourth-order valence-electron chi connectivity index (χ4n) is 1.20. The smallest absolute Gasteiger partial charge is 0.129 e. The van der Waals surface area contributed by atoms with E-state index in [1.54, 1.807) is 0 Å². The van der Waals surface area contributed by atoms with Gasteiger partial charge in [0.1, 0.15) is 5.82 Å². The molecule has 13 heavy (non-hydrogen) atoms. The third-order valence-corrected chi connectivity index (χ3v) is 2.16. The highest BCUT2D eigenvalue weighted by Gasteiger charge is 2.05. The lowest BCUT2D eigenvalue weighted by Crippen LogP contribution is -2.27. The molecule has 3 nitrogen and oxygen atoms in total. The lowest BCUT2D eigenvalue weighted by atomic mass is 10.1. The minimum atomic E-state index is 0.489. The van der Waals surface area contributed by atoms with E-state index in [9.17, 15) is 0 Å². The molecule has 0 aliphatic heterocycles. The van der Waals surface area contributed by atoms with Crippen LogP contribution in [0.1, 0.15) is 24.7 Å². The van der Waals surface area contributed by atoms with E-state index >= 15 is 0 Å². The second-order valence-corrected chi connectivity index (χ2v) is 3.27. The van der Waals surface area contributed by atoms with Crippen LogP contribution < -0.4 is 5.32 Å². The second-order valence-electron chi connectivity index (χ2n) is 3.27. The molecule has 0 radical (unpaired) electrons. The standard InChI is InChI=1S/C10H17N3/c1-4-9(11-3)5-10-12-6-8(2)7-13-10/h6-7,9,11H,4-5H2,1-3H3. The Morgan fingerprint density at radius 2 is 2.00 bits per heavy atom. The highest BCUT2D eigenvalue weighted by Crippen LogP contribution is 2.00. The SMILES string of the molecule is CCC(Cc1ncc(C)cn1)NC. The van der Waals surface area contributed by atoms with Crippen molar-refractivity contribution < 1.29 is 0 Å². The molecule has 0 aromatic carbocycles. The van der Waals surface area contributed by atoms with Gasteiger partial charge in [-0.3, -0.25) is 0 Å². The maximum atomic E-state index is 4.26. The molecule has 3 heteroatoms. The lowest BCUT2D eigenvalue weighted by molar-refractivity contribution is 0.530. The normalized spacial score (nSPS) is 12.8. The van der Waals surface area contributed by atoms with Crippen molar-refractivity contribution in [1.82, 2.24) is 15.3 Å². The molecule has 1 heterocycles. The zero-order chi connectivity index (χ0) is 9.68. The average Bonchev–Trinajstić information content (AvgIpc) is 2.17. The number of likely N-dealkylation sites (N-methyl/N-ethyl adjacent to an activating group) is 1. The molecule has 0 saturated heterocycles. The van der Waals surface area contributed by atoms with Crippen LogP contribution in [0.4, 0.5) is 0 Å². The third kappa shape index (κ3) is 3.11. The molecular weight excluding hydrogens is 162 g/mol. The minimum Gasteiger partial charge on any atom is -0.317 e. The predicted octanol–water partition coefficient (Wildman–Crippen LogP) is 1.33. The predicted molar refractivity (Wildman–Crippen MR) is 53.6 cm³/mol. The van der Waals surface area contributed by atoms with Gasteiger partial charge >= 0.3 is 0 Å². The van der Waals surface area contributed by atoms with E-state index in [1.807, 2.05) is 26.4 Å². The van der Waals surface area contributed by atoms with Gasteiger partial charge in [-0.25, -0.2) is 9.97 Å². The van der Waals surface area contributed by atoms with Gasteiger partial charge in [-0.2, -0.15) is 0 Å². The van der Waals surface area contributed by atoms with E-state index in [0.29, 0.717) is 6.04 Å². The lowest BCUT2D eigenvalue weighted by Gasteiger charge is -2.11. The Labute approximate surface area is 79.6 Å². The van der Waals surface area contributed by atoms with Gasteiger partial charge in [-0.1, -0.05) is 6.92 Å². The van der Waals surface area contributed by atoms with Crippen LogP contribution in [0.25, 0.3) is 0 Å². The van der Waals surface area contributed by atoms with Crippen molar-refractivity contribution in [1.29, 1.82) is 0 Å². The van der Waals surface area contributed by atoms with Crippen LogP contribution in [0.3, 0.4) is 0 Å². The number of aryl methyl sites for hydroxylation is 1. The van der Waals surface area contributed by atoms with Crippen molar-refractivity contribution >= 4 is 0 Å². The summed E-state index contributed by atoms with van der Waals surface area (Å²) in [5.74, 6) is 0.923. The van der Waals surface area contributed by atoms with Gasteiger partial charge in [-0.05, 0) is 26.0 Å². The zero-order valence-electron chi connectivity index (χ0n) is 8.54. The van der Waals surface area contributed by atoms with Crippen LogP contribution in [0.2, 0.25) is 0 Å². The molecule has 1 aromatic rings. The van der Waals surface area contributed by atoms with Crippen LogP contribution in [0.15, 0.2) is 12.4 Å². The average molecular weight is 179 g/mol. The minimum absolute atomic E-state index is 0.489. The topological polar surface area (TPSA) is 37.8 Å². The van der Waals surface area contributed by atoms with E-state index in [0.717, 1.165) is 24.2 Å². The Hall–Kier alpha value is -0.960. The second kappa shape index (κ2) is 4.92. The molecule has 1 N–H and O–H groups in total. The maximum absolute atomic E-state index is 4.26. The molecule has 0 amide bonds. The summed E-state index contributed by atoms with van der Waals surface area (Å²) in [7, 11) is 1.97. The molecule has 72 valence electrons. The summed E-state index contributed by atoms with van der Waals surface area (Å²) < 4.78 is 0. The van der Waals surface area contributed by atoms with E-state index in [4.69, 9.17) is 0 Å². The molecule has 1 atom stereocenters. The van der Waals surface area contributed by atoms with E-state index in [-0.39, 0.29) is 0 Å². The van der Waals surface area contributed by atoms with Crippen molar-refractivity contribution in [3.05, 3.63) is 23.8 Å². The van der Waals surface area contributed by atoms with Gasteiger partial charge in [-0.15, -0.1) is 0 Å². The van der Waals surface area contributed by atoms with Crippen LogP contribution in [-0.4, -0.2) is 23.1 Å². The first-order valence-electron chi connectivity index (χ1n) is 4.71. The number of nitrogens with one attached hydrogen (secondary N) is 1. The molecule has 1 aromatic heterocycles. The summed E-state index contributed by atoms with van der Waals surface area (Å²) in [6.45, 7) is 4.16. The van der Waals surface area contributed by atoms with Crippen LogP contribution in [-0.2, 0) is 6.42 Å². The molecule has 0 spiro atoms. The molecule has 0 fully saturated rings. The molecule has 0 aliphatic rings. The quantitative estimate of drug-likeness (QED) is 0.757. The monoisotopic (exact) mass is 179 g/mol. The van der Waals surface area contributed by atoms with Crippen LogP contribution in [0, 0.1) is 6.92 Å². The van der Waals surface area contributed by atoms with Gasteiger partial charge in [0.05, 0.1) is 0 Å². The van der Waals surface area contributed by atoms with Gasteiger partial charge < -0.3 is 5.32 Å². The summed E-state index contributed by atoms with van der Waals surface area (Å²) in [6, 6.07) is 0.489. The molecule has 1 unspecified atom stereocenters. The zero-order valence-corrected chi connectivity index (χ0v) is 8.54. The Bertz CT molecular complexity index is 239. The molecule has 0 aliphatic carbocycles. The third-order valence-electron chi connectivity index (χ3n) is 2.16. The van der Waals surface area contributed by atoms with E-state index in [1.165, 1.54) is 0 Å². The highest BCUT2D eigenvalue weighted by atomic mass is 14.9. The number of hydrogen-bond acceptors (Lipinski definition) is 3. The summed E-state index contributed by atoms with van der Waals surface area (Å²) >= 11 is 0. The fraction of sp³-hybridized carbons (Fsp3) is 0.600. The number of nitrogens with zero attached hydrogens (tertiary/aromatic N) is 2. The van der Waals surface area contributed by atoms with Gasteiger partial charge in [0.15, 0.2) is 0 Å². The number of aromatic nitrogens is 2. The van der Waals surface area contributed by atoms with Crippen LogP contribution >= 0.6 is 0 Å². The Kier molecular flexibility index (Phi) is 3.83. The Morgan fingerprint density at radius 1 is 1.38 bits per heavy atom. The summed E-state index contributed by atoms with van der Waals surface area (Å²) in [4.78, 5) is 8.53. The largest absolute Gasteiger partial charge is 0.317 e. The van der Waals surface area contributed by atoms with Crippen molar-refractivity contribution in [2.24, 2.45) is 0 Å². The van der Waals surface area contributed by atoms with Crippen molar-refractivity contribution in [2.45, 2.75) is 32.7 Å². The molecule has 0 bridgehead atoms. The molecule has 0 saturated carbocycles. The van der Waals surface area contributed by atoms with Crippen molar-refractivity contribution in [3.63, 3.8) is 0 Å². The van der Waals surface area contributed by atoms with Gasteiger partial charge in [0.2, 0.25) is 0 Å². The van der Waals surface area contributed by atoms with Crippen LogP contribution in [0.5, 0.6) is 0 Å². The van der Waals surface area contributed by atoms with E-state index in [2.05, 4.69) is 22.2 Å². The summed E-state index contributed by atoms with van der Waals surface area (Å²) in [5.41, 5.74) is 1.11. The van der Waals surface area contributed by atoms with Crippen molar-refractivity contribution in [2.75, 3.05) is 7.05 Å². The van der Waals surface area contributed by atoms with Crippen molar-refractivity contribution in [3.8, 4) is 0 Å². The first kappa shape index (κ1) is 10.1. The highest BCUT2D eigenvalue weighted by molar-refractivity contribution is 5.02. The Morgan fingerprint density at radius 3 is 2.46 bits per heavy atom. The number of hydrogen-bond donors (Lipinski definition) is 1. The summed E-state index contributed by atoms with van der Waals surface area (Å²) in [5, 5.41) is 3.23. The first-order chi connectivity index (χ1) is 6.26. The van der Waals surface area contributed by atoms with Gasteiger partial charge in [0, 0.05) is 24.9 Å². The number of rotatable bonds is 4. The molecular formula is C10H17N3. The summed E-state index contributed by atoms with van der Waals surface area (Å²) in [6.07, 6.45) is 5.75. The van der Waals surface area contributed by atoms with E-state index < -0.39 is 0 Å². The first-order valence-corrected chi connectivity index (χ1v) is 4.71. The fourth-order valence-corrected chi connectivity index (χ4v) is 1.20. The van der Waals surface area contributed by atoms with Gasteiger partial charge in [0.25, 0.3) is 0 Å². The maximum Gasteiger partial charge on any atom is 0.129 e. The Balaban J connectivity index is 2.58. The molecule has 1 rings (SSSR count).